The first-order valence-corrected chi connectivity index (χ1v) is 11.3. The van der Waals surface area contributed by atoms with Crippen LogP contribution in [0.5, 0.6) is 11.5 Å². The molecule has 35 heavy (non-hydrogen) atoms. The van der Waals surface area contributed by atoms with Gasteiger partial charge in [-0.05, 0) is 48.0 Å². The summed E-state index contributed by atoms with van der Waals surface area (Å²) in [6, 6.07) is 29.7. The van der Waals surface area contributed by atoms with E-state index in [0.717, 1.165) is 44.9 Å². The van der Waals surface area contributed by atoms with Crippen LogP contribution in [0.1, 0.15) is 5.56 Å². The number of fused-ring (bicyclic) bond motifs is 1. The van der Waals surface area contributed by atoms with Gasteiger partial charge in [0.25, 0.3) is 0 Å². The third-order valence-electron chi connectivity index (χ3n) is 5.80. The second-order valence-electron chi connectivity index (χ2n) is 8.24. The maximum absolute atomic E-state index is 6.20. The topological polar surface area (TPSA) is 94.6 Å². The van der Waals surface area contributed by atoms with E-state index in [1.165, 1.54) is 5.56 Å². The number of H-pyrrole nitrogens is 1. The van der Waals surface area contributed by atoms with Gasteiger partial charge < -0.3 is 10.5 Å². The summed E-state index contributed by atoms with van der Waals surface area (Å²) in [6.07, 6.45) is 3.83. The molecule has 0 fully saturated rings. The predicted octanol–water partition coefficient (Wildman–Crippen LogP) is 5.91. The van der Waals surface area contributed by atoms with Gasteiger partial charge in [0.05, 0.1) is 35.0 Å². The zero-order chi connectivity index (χ0) is 23.6. The van der Waals surface area contributed by atoms with Crippen LogP contribution < -0.4 is 10.5 Å². The van der Waals surface area contributed by atoms with Crippen molar-refractivity contribution in [3.8, 4) is 34.0 Å². The lowest BCUT2D eigenvalue weighted by molar-refractivity contribution is 0.483. The van der Waals surface area contributed by atoms with E-state index in [-0.39, 0.29) is 0 Å². The number of aromatic nitrogens is 5. The van der Waals surface area contributed by atoms with E-state index in [1.54, 1.807) is 0 Å². The molecule has 0 atom stereocenters. The van der Waals surface area contributed by atoms with Gasteiger partial charge >= 0.3 is 0 Å². The van der Waals surface area contributed by atoms with Crippen LogP contribution >= 0.6 is 0 Å². The fourth-order valence-corrected chi connectivity index (χ4v) is 4.08. The number of nitrogens with zero attached hydrogens (tertiary/aromatic N) is 4. The monoisotopic (exact) mass is 458 g/mol. The molecule has 3 aromatic carbocycles. The Bertz CT molecular complexity index is 1590. The first-order valence-electron chi connectivity index (χ1n) is 11.3. The average Bonchev–Trinajstić information content (AvgIpc) is 3.52. The number of nitrogen functional groups attached to an aromatic ring is 1. The Hall–Kier alpha value is -4.91. The number of anilines is 1. The average molecular weight is 459 g/mol. The number of aromatic amines is 1. The number of hydrogen-bond donors (Lipinski definition) is 2. The normalized spacial score (nSPS) is 11.1. The second-order valence-corrected chi connectivity index (χ2v) is 8.24. The molecule has 0 aliphatic rings. The van der Waals surface area contributed by atoms with Gasteiger partial charge in [0, 0.05) is 17.3 Å². The summed E-state index contributed by atoms with van der Waals surface area (Å²) in [7, 11) is 0. The Labute approximate surface area is 201 Å². The lowest BCUT2D eigenvalue weighted by Gasteiger charge is -2.09. The number of ether oxygens (including phenoxy) is 1. The molecular formula is C28H22N6O. The summed E-state index contributed by atoms with van der Waals surface area (Å²) in [5, 5.41) is 12.6. The van der Waals surface area contributed by atoms with E-state index in [4.69, 9.17) is 15.5 Å². The molecule has 0 radical (unpaired) electrons. The van der Waals surface area contributed by atoms with Crippen molar-refractivity contribution in [2.75, 3.05) is 5.73 Å². The highest BCUT2D eigenvalue weighted by Crippen LogP contribution is 2.34. The molecule has 7 nitrogen and oxygen atoms in total. The molecule has 3 heterocycles. The molecule has 6 aromatic rings. The molecule has 3 aromatic heterocycles. The SMILES string of the molecule is Nc1n[nH]c2cc(-c3cnn(Cc4ccccc4)c3)nc(-c3ccc(Oc4ccccc4)cc3)c12. The van der Waals surface area contributed by atoms with Gasteiger partial charge in [-0.1, -0.05) is 48.5 Å². The molecule has 3 N–H and O–H groups in total. The predicted molar refractivity (Wildman–Crippen MR) is 137 cm³/mol. The number of para-hydroxylation sites is 1. The van der Waals surface area contributed by atoms with Crippen molar-refractivity contribution < 1.29 is 4.74 Å². The summed E-state index contributed by atoms with van der Waals surface area (Å²) >= 11 is 0. The Kier molecular flexibility index (Phi) is 5.20. The fraction of sp³-hybridized carbons (Fsp3) is 0.0357. The van der Waals surface area contributed by atoms with E-state index < -0.39 is 0 Å². The van der Waals surface area contributed by atoms with Gasteiger partial charge in [0.2, 0.25) is 0 Å². The van der Waals surface area contributed by atoms with Crippen LogP contribution in [0.15, 0.2) is 103 Å². The minimum absolute atomic E-state index is 0.415. The smallest absolute Gasteiger partial charge is 0.155 e. The molecule has 0 aliphatic heterocycles. The lowest BCUT2D eigenvalue weighted by atomic mass is 10.1. The third kappa shape index (κ3) is 4.22. The minimum atomic E-state index is 0.415. The molecule has 0 bridgehead atoms. The number of rotatable bonds is 6. The molecule has 0 saturated heterocycles. The van der Waals surface area contributed by atoms with Crippen LogP contribution in [0.25, 0.3) is 33.4 Å². The van der Waals surface area contributed by atoms with Gasteiger partial charge in [0.15, 0.2) is 5.82 Å². The molecular weight excluding hydrogens is 436 g/mol. The van der Waals surface area contributed by atoms with Gasteiger partial charge in [-0.15, -0.1) is 0 Å². The minimum Gasteiger partial charge on any atom is -0.457 e. The molecule has 0 aliphatic carbocycles. The quantitative estimate of drug-likeness (QED) is 0.323. The molecule has 0 amide bonds. The first-order chi connectivity index (χ1) is 17.2. The number of nitrogens with two attached hydrogens (primary N) is 1. The Morgan fingerprint density at radius 1 is 0.829 bits per heavy atom. The molecule has 0 saturated carbocycles. The van der Waals surface area contributed by atoms with Crippen LogP contribution in [-0.4, -0.2) is 25.0 Å². The molecule has 0 unspecified atom stereocenters. The van der Waals surface area contributed by atoms with E-state index in [1.807, 2.05) is 95.9 Å². The molecule has 0 spiro atoms. The third-order valence-corrected chi connectivity index (χ3v) is 5.80. The van der Waals surface area contributed by atoms with Crippen molar-refractivity contribution in [2.45, 2.75) is 6.54 Å². The Balaban J connectivity index is 1.35. The molecule has 6 rings (SSSR count). The Morgan fingerprint density at radius 3 is 2.31 bits per heavy atom. The fourth-order valence-electron chi connectivity index (χ4n) is 4.08. The number of nitrogens with one attached hydrogen (secondary N) is 1. The van der Waals surface area contributed by atoms with Crippen LogP contribution in [0.3, 0.4) is 0 Å². The summed E-state index contributed by atoms with van der Waals surface area (Å²) in [5.74, 6) is 1.95. The highest BCUT2D eigenvalue weighted by atomic mass is 16.5. The Morgan fingerprint density at radius 2 is 1.54 bits per heavy atom. The highest BCUT2D eigenvalue weighted by Gasteiger charge is 2.16. The van der Waals surface area contributed by atoms with Gasteiger partial charge in [0.1, 0.15) is 11.5 Å². The number of benzene rings is 3. The summed E-state index contributed by atoms with van der Waals surface area (Å²) in [5.41, 5.74) is 11.6. The van der Waals surface area contributed by atoms with Crippen LogP contribution in [0.4, 0.5) is 5.82 Å². The first kappa shape index (κ1) is 20.7. The van der Waals surface area contributed by atoms with Gasteiger partial charge in [-0.3, -0.25) is 9.78 Å². The van der Waals surface area contributed by atoms with Crippen molar-refractivity contribution in [1.82, 2.24) is 25.0 Å². The highest BCUT2D eigenvalue weighted by molar-refractivity contribution is 6.01. The molecule has 170 valence electrons. The van der Waals surface area contributed by atoms with E-state index in [2.05, 4.69) is 27.4 Å². The van der Waals surface area contributed by atoms with Gasteiger partial charge in [-0.25, -0.2) is 4.98 Å². The van der Waals surface area contributed by atoms with Gasteiger partial charge in [-0.2, -0.15) is 10.2 Å². The number of hydrogen-bond acceptors (Lipinski definition) is 5. The summed E-state index contributed by atoms with van der Waals surface area (Å²) in [6.45, 7) is 0.690. The number of pyridine rings is 1. The van der Waals surface area contributed by atoms with Crippen molar-refractivity contribution in [3.05, 3.63) is 109 Å². The van der Waals surface area contributed by atoms with Crippen molar-refractivity contribution in [2.24, 2.45) is 0 Å². The zero-order valence-electron chi connectivity index (χ0n) is 18.8. The zero-order valence-corrected chi connectivity index (χ0v) is 18.8. The van der Waals surface area contributed by atoms with Crippen molar-refractivity contribution in [1.29, 1.82) is 0 Å². The van der Waals surface area contributed by atoms with Crippen LogP contribution in [0.2, 0.25) is 0 Å². The van der Waals surface area contributed by atoms with E-state index >= 15 is 0 Å². The largest absolute Gasteiger partial charge is 0.457 e. The summed E-state index contributed by atoms with van der Waals surface area (Å²) < 4.78 is 7.85. The van der Waals surface area contributed by atoms with E-state index in [9.17, 15) is 0 Å². The maximum Gasteiger partial charge on any atom is 0.155 e. The van der Waals surface area contributed by atoms with Crippen LogP contribution in [-0.2, 0) is 6.54 Å². The second kappa shape index (κ2) is 8.79. The maximum atomic E-state index is 6.20. The lowest BCUT2D eigenvalue weighted by Crippen LogP contribution is -1.99. The van der Waals surface area contributed by atoms with Crippen molar-refractivity contribution >= 4 is 16.7 Å². The molecule has 7 heteroatoms. The standard InChI is InChI=1S/C28H22N6O/c29-28-26-25(32-33-28)15-24(21-16-30-34(18-21)17-19-7-3-1-4-8-19)31-27(26)20-11-13-23(14-12-20)35-22-9-5-2-6-10-22/h1-16,18H,17H2,(H3,29,32,33). The van der Waals surface area contributed by atoms with Crippen molar-refractivity contribution in [3.63, 3.8) is 0 Å². The van der Waals surface area contributed by atoms with E-state index in [0.29, 0.717) is 12.4 Å². The summed E-state index contributed by atoms with van der Waals surface area (Å²) in [4.78, 5) is 4.97. The van der Waals surface area contributed by atoms with Crippen LogP contribution in [0, 0.1) is 0 Å².